The lowest BCUT2D eigenvalue weighted by Crippen LogP contribution is -2.14. The highest BCUT2D eigenvalue weighted by molar-refractivity contribution is 5.68. The molecule has 5 heteroatoms. The van der Waals surface area contributed by atoms with Crippen molar-refractivity contribution in [2.24, 2.45) is 0 Å². The van der Waals surface area contributed by atoms with Gasteiger partial charge in [0.25, 0.3) is 0 Å². The van der Waals surface area contributed by atoms with Crippen LogP contribution in [0.5, 0.6) is 0 Å². The molecule has 0 amide bonds. The first-order chi connectivity index (χ1) is 5.02. The summed E-state index contributed by atoms with van der Waals surface area (Å²) in [7, 11) is 0. The zero-order valence-corrected chi connectivity index (χ0v) is 5.86. The Morgan fingerprint density at radius 1 is 1.18 bits per heavy atom. The second kappa shape index (κ2) is 4.68. The minimum absolute atomic E-state index is 0.0123. The molecule has 64 valence electrons. The SMILES string of the molecule is O=C(O)CCC(O)CC(=O)O. The predicted molar refractivity (Wildman–Crippen MR) is 35.1 cm³/mol. The highest BCUT2D eigenvalue weighted by Gasteiger charge is 2.10. The Hall–Kier alpha value is -1.10. The van der Waals surface area contributed by atoms with Crippen molar-refractivity contribution in [2.45, 2.75) is 25.4 Å². The van der Waals surface area contributed by atoms with Gasteiger partial charge in [0, 0.05) is 6.42 Å². The minimum Gasteiger partial charge on any atom is -0.481 e. The van der Waals surface area contributed by atoms with Gasteiger partial charge >= 0.3 is 11.9 Å². The molecule has 1 unspecified atom stereocenters. The van der Waals surface area contributed by atoms with Gasteiger partial charge in [0.1, 0.15) is 0 Å². The van der Waals surface area contributed by atoms with Gasteiger partial charge in [-0.1, -0.05) is 0 Å². The van der Waals surface area contributed by atoms with E-state index in [1.165, 1.54) is 0 Å². The molecule has 0 aliphatic heterocycles. The van der Waals surface area contributed by atoms with Crippen LogP contribution in [-0.2, 0) is 9.59 Å². The summed E-state index contributed by atoms with van der Waals surface area (Å²) in [6.07, 6.45) is -1.66. The molecule has 0 spiro atoms. The van der Waals surface area contributed by atoms with E-state index in [0.717, 1.165) is 0 Å². The summed E-state index contributed by atoms with van der Waals surface area (Å²) in [4.78, 5) is 19.9. The van der Waals surface area contributed by atoms with E-state index in [0.29, 0.717) is 0 Å². The number of aliphatic hydroxyl groups excluding tert-OH is 1. The van der Waals surface area contributed by atoms with Crippen LogP contribution in [0.3, 0.4) is 0 Å². The van der Waals surface area contributed by atoms with Crippen molar-refractivity contribution in [2.75, 3.05) is 0 Å². The molecule has 1 atom stereocenters. The zero-order chi connectivity index (χ0) is 8.85. The van der Waals surface area contributed by atoms with Crippen LogP contribution in [-0.4, -0.2) is 33.4 Å². The zero-order valence-electron chi connectivity index (χ0n) is 5.86. The molecule has 0 bridgehead atoms. The summed E-state index contributed by atoms with van der Waals surface area (Å²) in [6, 6.07) is 0. The fourth-order valence-electron chi connectivity index (χ4n) is 0.594. The quantitative estimate of drug-likeness (QED) is 0.515. The Balaban J connectivity index is 3.44. The van der Waals surface area contributed by atoms with Gasteiger partial charge in [-0.25, -0.2) is 0 Å². The van der Waals surface area contributed by atoms with E-state index in [1.807, 2.05) is 0 Å². The van der Waals surface area contributed by atoms with Crippen molar-refractivity contribution in [1.29, 1.82) is 0 Å². The van der Waals surface area contributed by atoms with E-state index >= 15 is 0 Å². The van der Waals surface area contributed by atoms with Crippen molar-refractivity contribution < 1.29 is 24.9 Å². The first-order valence-corrected chi connectivity index (χ1v) is 3.14. The second-order valence-electron chi connectivity index (χ2n) is 2.18. The number of carboxylic acid groups (broad SMARTS) is 2. The molecule has 0 fully saturated rings. The van der Waals surface area contributed by atoms with Crippen LogP contribution < -0.4 is 0 Å². The van der Waals surface area contributed by atoms with Gasteiger partial charge < -0.3 is 15.3 Å². The number of aliphatic hydroxyl groups is 1. The summed E-state index contributed by atoms with van der Waals surface area (Å²) in [5.41, 5.74) is 0. The van der Waals surface area contributed by atoms with Crippen LogP contribution in [0.4, 0.5) is 0 Å². The molecule has 0 saturated heterocycles. The fraction of sp³-hybridized carbons (Fsp3) is 0.667. The molecular weight excluding hydrogens is 152 g/mol. The first-order valence-electron chi connectivity index (χ1n) is 3.14. The average Bonchev–Trinajstić information content (AvgIpc) is 1.82. The van der Waals surface area contributed by atoms with E-state index in [-0.39, 0.29) is 12.8 Å². The summed E-state index contributed by atoms with van der Waals surface area (Å²) in [6.45, 7) is 0. The Morgan fingerprint density at radius 2 is 1.73 bits per heavy atom. The minimum atomic E-state index is -1.12. The number of hydrogen-bond donors (Lipinski definition) is 3. The largest absolute Gasteiger partial charge is 0.481 e. The molecule has 0 aromatic heterocycles. The molecule has 3 N–H and O–H groups in total. The van der Waals surface area contributed by atoms with Gasteiger partial charge in [-0.05, 0) is 6.42 Å². The smallest absolute Gasteiger partial charge is 0.305 e. The second-order valence-corrected chi connectivity index (χ2v) is 2.18. The third-order valence-electron chi connectivity index (χ3n) is 1.10. The highest BCUT2D eigenvalue weighted by Crippen LogP contribution is 2.00. The van der Waals surface area contributed by atoms with Crippen LogP contribution in [0, 0.1) is 0 Å². The maximum Gasteiger partial charge on any atom is 0.305 e. The maximum absolute atomic E-state index is 9.95. The molecule has 0 radical (unpaired) electrons. The monoisotopic (exact) mass is 162 g/mol. The van der Waals surface area contributed by atoms with Crippen molar-refractivity contribution in [3.8, 4) is 0 Å². The first kappa shape index (κ1) is 9.90. The number of carboxylic acids is 2. The molecule has 0 aliphatic carbocycles. The van der Waals surface area contributed by atoms with Gasteiger partial charge in [-0.3, -0.25) is 9.59 Å². The fourth-order valence-corrected chi connectivity index (χ4v) is 0.594. The molecule has 11 heavy (non-hydrogen) atoms. The van der Waals surface area contributed by atoms with E-state index in [9.17, 15) is 9.59 Å². The lowest BCUT2D eigenvalue weighted by atomic mass is 10.1. The van der Waals surface area contributed by atoms with E-state index in [4.69, 9.17) is 15.3 Å². The van der Waals surface area contributed by atoms with Crippen LogP contribution in [0.2, 0.25) is 0 Å². The van der Waals surface area contributed by atoms with Crippen LogP contribution in [0.1, 0.15) is 19.3 Å². The Bertz CT molecular complexity index is 153. The third-order valence-corrected chi connectivity index (χ3v) is 1.10. The van der Waals surface area contributed by atoms with Gasteiger partial charge in [0.15, 0.2) is 0 Å². The van der Waals surface area contributed by atoms with Gasteiger partial charge in [-0.2, -0.15) is 0 Å². The van der Waals surface area contributed by atoms with Gasteiger partial charge in [-0.15, -0.1) is 0 Å². The Kier molecular flexibility index (Phi) is 4.21. The number of aliphatic carboxylic acids is 2. The molecule has 0 saturated carbocycles. The van der Waals surface area contributed by atoms with Crippen molar-refractivity contribution >= 4 is 11.9 Å². The van der Waals surface area contributed by atoms with Crippen LogP contribution in [0.25, 0.3) is 0 Å². The summed E-state index contributed by atoms with van der Waals surface area (Å²) >= 11 is 0. The molecule has 5 nitrogen and oxygen atoms in total. The Labute approximate surface area is 63.3 Å². The standard InChI is InChI=1S/C6H10O5/c7-4(3-6(10)11)1-2-5(8)9/h4,7H,1-3H2,(H,8,9)(H,10,11). The van der Waals surface area contributed by atoms with E-state index in [2.05, 4.69) is 0 Å². The molecule has 0 aromatic rings. The summed E-state index contributed by atoms with van der Waals surface area (Å²) < 4.78 is 0. The third kappa shape index (κ3) is 6.79. The van der Waals surface area contributed by atoms with Crippen LogP contribution >= 0.6 is 0 Å². The number of hydrogen-bond acceptors (Lipinski definition) is 3. The number of carbonyl (C=O) groups is 2. The summed E-state index contributed by atoms with van der Waals surface area (Å²) in [5.74, 6) is -2.16. The van der Waals surface area contributed by atoms with Crippen molar-refractivity contribution in [3.05, 3.63) is 0 Å². The molecule has 0 aromatic carbocycles. The van der Waals surface area contributed by atoms with Gasteiger partial charge in [0.05, 0.1) is 12.5 Å². The lowest BCUT2D eigenvalue weighted by Gasteiger charge is -2.03. The molecule has 0 heterocycles. The van der Waals surface area contributed by atoms with Crippen LogP contribution in [0.15, 0.2) is 0 Å². The highest BCUT2D eigenvalue weighted by atomic mass is 16.4. The molecule has 0 aliphatic rings. The Morgan fingerprint density at radius 3 is 2.09 bits per heavy atom. The number of rotatable bonds is 5. The normalized spacial score (nSPS) is 12.5. The molecular formula is C6H10O5. The van der Waals surface area contributed by atoms with E-state index < -0.39 is 24.5 Å². The molecule has 0 rings (SSSR count). The van der Waals surface area contributed by atoms with Gasteiger partial charge in [0.2, 0.25) is 0 Å². The lowest BCUT2D eigenvalue weighted by molar-refractivity contribution is -0.141. The van der Waals surface area contributed by atoms with Crippen molar-refractivity contribution in [3.63, 3.8) is 0 Å². The topological polar surface area (TPSA) is 94.8 Å². The van der Waals surface area contributed by atoms with E-state index in [1.54, 1.807) is 0 Å². The predicted octanol–water partition coefficient (Wildman–Crippen LogP) is -0.313. The average molecular weight is 162 g/mol. The summed E-state index contributed by atoms with van der Waals surface area (Å²) in [5, 5.41) is 25.1. The maximum atomic E-state index is 9.95. The van der Waals surface area contributed by atoms with Crippen molar-refractivity contribution in [1.82, 2.24) is 0 Å².